The Labute approximate surface area is 129 Å². The van der Waals surface area contributed by atoms with Crippen molar-refractivity contribution in [2.45, 2.75) is 26.1 Å². The number of rotatable bonds is 3. The Balaban J connectivity index is 2.22. The molecule has 0 saturated heterocycles. The number of halogens is 4. The van der Waals surface area contributed by atoms with Crippen LogP contribution >= 0.6 is 11.6 Å². The average Bonchev–Trinajstić information content (AvgIpc) is 2.77. The highest BCUT2D eigenvalue weighted by Crippen LogP contribution is 2.34. The lowest BCUT2D eigenvalue weighted by atomic mass is 10.1. The Morgan fingerprint density at radius 2 is 2.00 bits per heavy atom. The predicted molar refractivity (Wildman–Crippen MR) is 76.8 cm³/mol. The summed E-state index contributed by atoms with van der Waals surface area (Å²) in [7, 11) is 0. The summed E-state index contributed by atoms with van der Waals surface area (Å²) in [6, 6.07) is 4.00. The Hall–Kier alpha value is -2.02. The van der Waals surface area contributed by atoms with Gasteiger partial charge in [0, 0.05) is 6.20 Å². The molecule has 0 fully saturated rings. The number of amides is 1. The number of carbonyl (C=O) groups excluding carboxylic acids is 1. The van der Waals surface area contributed by atoms with E-state index in [0.29, 0.717) is 10.7 Å². The molecule has 1 aromatic heterocycles. The van der Waals surface area contributed by atoms with E-state index in [9.17, 15) is 18.0 Å². The second-order valence-electron chi connectivity index (χ2n) is 4.75. The van der Waals surface area contributed by atoms with Gasteiger partial charge in [-0.2, -0.15) is 18.3 Å². The average molecular weight is 332 g/mol. The minimum absolute atomic E-state index is 0.290. The lowest BCUT2D eigenvalue weighted by Gasteiger charge is -2.16. The van der Waals surface area contributed by atoms with Crippen LogP contribution in [0.2, 0.25) is 5.02 Å². The van der Waals surface area contributed by atoms with E-state index in [1.807, 2.05) is 0 Å². The summed E-state index contributed by atoms with van der Waals surface area (Å²) >= 11 is 5.86. The summed E-state index contributed by atoms with van der Waals surface area (Å²) in [4.78, 5) is 12.1. The molecule has 22 heavy (non-hydrogen) atoms. The third-order valence-corrected chi connectivity index (χ3v) is 3.49. The standard InChI is InChI=1S/C14H13ClF3N3O/c1-8-11(15)7-21(20-8)9(2)13(22)19-12-6-4-3-5-10(12)14(16,17)18/h3-7,9H,1-2H3,(H,19,22). The van der Waals surface area contributed by atoms with E-state index < -0.39 is 23.7 Å². The maximum atomic E-state index is 12.9. The van der Waals surface area contributed by atoms with Crippen molar-refractivity contribution in [2.75, 3.05) is 5.32 Å². The second-order valence-corrected chi connectivity index (χ2v) is 5.16. The van der Waals surface area contributed by atoms with E-state index in [-0.39, 0.29) is 5.69 Å². The summed E-state index contributed by atoms with van der Waals surface area (Å²) < 4.78 is 40.0. The van der Waals surface area contributed by atoms with E-state index in [2.05, 4.69) is 10.4 Å². The summed E-state index contributed by atoms with van der Waals surface area (Å²) in [5.74, 6) is -0.615. The molecule has 8 heteroatoms. The number of benzene rings is 1. The molecule has 0 radical (unpaired) electrons. The van der Waals surface area contributed by atoms with Crippen LogP contribution in [-0.4, -0.2) is 15.7 Å². The third kappa shape index (κ3) is 3.41. The quantitative estimate of drug-likeness (QED) is 0.921. The van der Waals surface area contributed by atoms with Crippen LogP contribution in [0.5, 0.6) is 0 Å². The van der Waals surface area contributed by atoms with Crippen LogP contribution in [0.3, 0.4) is 0 Å². The van der Waals surface area contributed by atoms with Gasteiger partial charge >= 0.3 is 6.18 Å². The number of para-hydroxylation sites is 1. The highest BCUT2D eigenvalue weighted by Gasteiger charge is 2.34. The van der Waals surface area contributed by atoms with Crippen molar-refractivity contribution < 1.29 is 18.0 Å². The fourth-order valence-electron chi connectivity index (χ4n) is 1.85. The van der Waals surface area contributed by atoms with Crippen molar-refractivity contribution >= 4 is 23.2 Å². The molecule has 0 bridgehead atoms. The normalized spacial score (nSPS) is 13.0. The van der Waals surface area contributed by atoms with Gasteiger partial charge in [0.2, 0.25) is 5.91 Å². The molecule has 4 nitrogen and oxygen atoms in total. The van der Waals surface area contributed by atoms with Crippen LogP contribution in [0.15, 0.2) is 30.5 Å². The highest BCUT2D eigenvalue weighted by molar-refractivity contribution is 6.31. The molecule has 2 rings (SSSR count). The molecule has 0 aliphatic rings. The van der Waals surface area contributed by atoms with Crippen LogP contribution in [0.25, 0.3) is 0 Å². The van der Waals surface area contributed by atoms with Crippen molar-refractivity contribution in [1.82, 2.24) is 9.78 Å². The van der Waals surface area contributed by atoms with Gasteiger partial charge in [0.1, 0.15) is 6.04 Å². The maximum absolute atomic E-state index is 12.9. The lowest BCUT2D eigenvalue weighted by Crippen LogP contribution is -2.25. The van der Waals surface area contributed by atoms with Crippen LogP contribution in [0, 0.1) is 6.92 Å². The van der Waals surface area contributed by atoms with Crippen LogP contribution < -0.4 is 5.32 Å². The molecule has 0 saturated carbocycles. The van der Waals surface area contributed by atoms with Crippen LogP contribution in [-0.2, 0) is 11.0 Å². The molecule has 1 heterocycles. The zero-order chi connectivity index (χ0) is 16.5. The molecular weight excluding hydrogens is 319 g/mol. The van der Waals surface area contributed by atoms with Gasteiger partial charge in [0.15, 0.2) is 0 Å². The van der Waals surface area contributed by atoms with Crippen LogP contribution in [0.1, 0.15) is 24.2 Å². The molecule has 0 aliphatic carbocycles. The SMILES string of the molecule is Cc1nn(C(C)C(=O)Nc2ccccc2C(F)(F)F)cc1Cl. The van der Waals surface area contributed by atoms with E-state index in [4.69, 9.17) is 11.6 Å². The van der Waals surface area contributed by atoms with Gasteiger partial charge < -0.3 is 5.32 Å². The van der Waals surface area contributed by atoms with Gasteiger partial charge in [-0.1, -0.05) is 23.7 Å². The Kier molecular flexibility index (Phi) is 4.46. The Morgan fingerprint density at radius 1 is 1.36 bits per heavy atom. The van der Waals surface area contributed by atoms with Gasteiger partial charge in [-0.05, 0) is 26.0 Å². The third-order valence-electron chi connectivity index (χ3n) is 3.12. The molecule has 1 atom stereocenters. The van der Waals surface area contributed by atoms with Crippen molar-refractivity contribution in [2.24, 2.45) is 0 Å². The van der Waals surface area contributed by atoms with Crippen molar-refractivity contribution in [1.29, 1.82) is 0 Å². The van der Waals surface area contributed by atoms with Gasteiger partial charge in [0.05, 0.1) is 22.0 Å². The predicted octanol–water partition coefficient (Wildman–Crippen LogP) is 4.06. The largest absolute Gasteiger partial charge is 0.418 e. The van der Waals surface area contributed by atoms with Gasteiger partial charge in [-0.3, -0.25) is 9.48 Å². The minimum atomic E-state index is -4.54. The lowest BCUT2D eigenvalue weighted by molar-refractivity contribution is -0.137. The fraction of sp³-hybridized carbons (Fsp3) is 0.286. The second kappa shape index (κ2) is 6.00. The first kappa shape index (κ1) is 16.4. The molecule has 1 aromatic carbocycles. The number of aromatic nitrogens is 2. The number of aryl methyl sites for hydroxylation is 1. The Morgan fingerprint density at radius 3 is 2.55 bits per heavy atom. The molecule has 1 amide bonds. The van der Waals surface area contributed by atoms with Crippen molar-refractivity contribution in [3.05, 3.63) is 46.7 Å². The summed E-state index contributed by atoms with van der Waals surface area (Å²) in [6.45, 7) is 3.19. The van der Waals surface area contributed by atoms with E-state index in [0.717, 1.165) is 6.07 Å². The zero-order valence-corrected chi connectivity index (χ0v) is 12.5. The Bertz CT molecular complexity index is 677. The summed E-state index contributed by atoms with van der Waals surface area (Å²) in [5.41, 5.74) is -0.649. The van der Waals surface area contributed by atoms with Gasteiger partial charge in [0.25, 0.3) is 0 Å². The minimum Gasteiger partial charge on any atom is -0.324 e. The monoisotopic (exact) mass is 331 g/mol. The van der Waals surface area contributed by atoms with Crippen molar-refractivity contribution in [3.63, 3.8) is 0 Å². The van der Waals surface area contributed by atoms with Gasteiger partial charge in [-0.25, -0.2) is 0 Å². The fourth-order valence-corrected chi connectivity index (χ4v) is 1.99. The summed E-state index contributed by atoms with van der Waals surface area (Å²) in [6.07, 6.45) is -3.09. The van der Waals surface area contributed by atoms with Gasteiger partial charge in [-0.15, -0.1) is 0 Å². The van der Waals surface area contributed by atoms with E-state index in [1.165, 1.54) is 36.0 Å². The highest BCUT2D eigenvalue weighted by atomic mass is 35.5. The zero-order valence-electron chi connectivity index (χ0n) is 11.8. The van der Waals surface area contributed by atoms with E-state index >= 15 is 0 Å². The molecule has 1 N–H and O–H groups in total. The molecule has 0 aliphatic heterocycles. The smallest absolute Gasteiger partial charge is 0.324 e. The van der Waals surface area contributed by atoms with Crippen LogP contribution in [0.4, 0.5) is 18.9 Å². The molecular formula is C14H13ClF3N3O. The maximum Gasteiger partial charge on any atom is 0.418 e. The molecule has 0 spiro atoms. The first-order chi connectivity index (χ1) is 10.2. The molecule has 118 valence electrons. The molecule has 1 unspecified atom stereocenters. The number of carbonyl (C=O) groups is 1. The summed E-state index contributed by atoms with van der Waals surface area (Å²) in [5, 5.41) is 6.71. The molecule has 2 aromatic rings. The van der Waals surface area contributed by atoms with Crippen molar-refractivity contribution in [3.8, 4) is 0 Å². The number of hydrogen-bond acceptors (Lipinski definition) is 2. The first-order valence-corrected chi connectivity index (χ1v) is 6.76. The number of alkyl halides is 3. The topological polar surface area (TPSA) is 46.9 Å². The number of nitrogens with zero attached hydrogens (tertiary/aromatic N) is 2. The van der Waals surface area contributed by atoms with E-state index in [1.54, 1.807) is 6.92 Å². The number of anilines is 1. The number of nitrogens with one attached hydrogen (secondary N) is 1. The first-order valence-electron chi connectivity index (χ1n) is 6.38. The number of hydrogen-bond donors (Lipinski definition) is 1.